The molecule has 0 bridgehead atoms. The fraction of sp³-hybridized carbons (Fsp3) is 0.471. The number of nitrogens with zero attached hydrogens (tertiary/aromatic N) is 4. The number of carbonyl (C=O) groups is 2. The van der Waals surface area contributed by atoms with Gasteiger partial charge in [0.1, 0.15) is 16.8 Å². The van der Waals surface area contributed by atoms with Crippen molar-refractivity contribution in [1.82, 2.24) is 19.9 Å². The number of thiazole rings is 1. The van der Waals surface area contributed by atoms with Crippen molar-refractivity contribution in [2.75, 3.05) is 19.7 Å². The van der Waals surface area contributed by atoms with E-state index in [9.17, 15) is 9.59 Å². The summed E-state index contributed by atoms with van der Waals surface area (Å²) in [7, 11) is 0. The van der Waals surface area contributed by atoms with Gasteiger partial charge in [0.2, 0.25) is 0 Å². The Labute approximate surface area is 154 Å². The van der Waals surface area contributed by atoms with Crippen LogP contribution in [0.15, 0.2) is 17.8 Å². The molecule has 1 unspecified atom stereocenters. The average Bonchev–Trinajstić information content (AvgIpc) is 3.12. The Bertz CT molecular complexity index is 813. The lowest BCUT2D eigenvalue weighted by atomic mass is 9.93. The normalized spacial score (nSPS) is 18.0. The predicted molar refractivity (Wildman–Crippen MR) is 94.4 cm³/mol. The molecular formula is C17H20N4O4S. The summed E-state index contributed by atoms with van der Waals surface area (Å²) in [5, 5.41) is 11.7. The monoisotopic (exact) mass is 376 g/mol. The first kappa shape index (κ1) is 18.4. The minimum absolute atomic E-state index is 0.0413. The zero-order valence-electron chi connectivity index (χ0n) is 14.8. The predicted octanol–water partition coefficient (Wildman–Crippen LogP) is 2.14. The Morgan fingerprint density at radius 3 is 2.54 bits per heavy atom. The lowest BCUT2D eigenvalue weighted by Crippen LogP contribution is -2.42. The molecule has 1 atom stereocenters. The van der Waals surface area contributed by atoms with Crippen LogP contribution in [0.3, 0.4) is 0 Å². The Morgan fingerprint density at radius 1 is 1.27 bits per heavy atom. The third-order valence-electron chi connectivity index (χ3n) is 4.01. The van der Waals surface area contributed by atoms with E-state index in [1.807, 2.05) is 5.38 Å². The molecule has 9 heteroatoms. The van der Waals surface area contributed by atoms with Gasteiger partial charge in [-0.25, -0.2) is 19.7 Å². The molecule has 0 radical (unpaired) electrons. The zero-order chi connectivity index (χ0) is 18.9. The van der Waals surface area contributed by atoms with Gasteiger partial charge in [0, 0.05) is 17.3 Å². The van der Waals surface area contributed by atoms with Crippen LogP contribution in [0.5, 0.6) is 0 Å². The molecule has 1 N–H and O–H groups in total. The van der Waals surface area contributed by atoms with Gasteiger partial charge in [0.15, 0.2) is 5.69 Å². The second-order valence-corrected chi connectivity index (χ2v) is 7.91. The van der Waals surface area contributed by atoms with Crippen molar-refractivity contribution < 1.29 is 19.4 Å². The summed E-state index contributed by atoms with van der Waals surface area (Å²) in [4.78, 5) is 37.4. The maximum Gasteiger partial charge on any atom is 0.356 e. The average molecular weight is 376 g/mol. The topological polar surface area (TPSA) is 106 Å². The molecule has 138 valence electrons. The van der Waals surface area contributed by atoms with E-state index in [0.29, 0.717) is 19.7 Å². The Hall–Kier alpha value is -2.39. The molecule has 1 amide bonds. The van der Waals surface area contributed by atoms with E-state index in [0.717, 1.165) is 16.9 Å². The van der Waals surface area contributed by atoms with Crippen LogP contribution in [0.25, 0.3) is 0 Å². The molecule has 1 saturated heterocycles. The highest BCUT2D eigenvalue weighted by Gasteiger charge is 2.30. The maximum atomic E-state index is 12.6. The summed E-state index contributed by atoms with van der Waals surface area (Å²) in [5.74, 6) is -1.48. The van der Waals surface area contributed by atoms with Gasteiger partial charge in [-0.2, -0.15) is 0 Å². The molecule has 3 heterocycles. The number of carboxylic acid groups (broad SMARTS) is 1. The summed E-state index contributed by atoms with van der Waals surface area (Å²) in [6.07, 6.45) is 2.00. The zero-order valence-corrected chi connectivity index (χ0v) is 15.6. The van der Waals surface area contributed by atoms with Gasteiger partial charge >= 0.3 is 5.97 Å². The molecule has 0 aliphatic carbocycles. The van der Waals surface area contributed by atoms with E-state index in [-0.39, 0.29) is 28.8 Å². The molecule has 0 saturated carbocycles. The number of amides is 1. The van der Waals surface area contributed by atoms with Gasteiger partial charge < -0.3 is 14.7 Å². The van der Waals surface area contributed by atoms with Crippen molar-refractivity contribution in [3.63, 3.8) is 0 Å². The highest BCUT2D eigenvalue weighted by atomic mass is 32.1. The van der Waals surface area contributed by atoms with Crippen molar-refractivity contribution in [2.45, 2.75) is 32.3 Å². The SMILES string of the molecule is CC(C)(C)c1csc(C2CN(C(=O)c3cnc(C(=O)O)cn3)CCO2)n1. The van der Waals surface area contributed by atoms with Gasteiger partial charge in [-0.1, -0.05) is 20.8 Å². The molecule has 1 aliphatic heterocycles. The third-order valence-corrected chi connectivity index (χ3v) is 4.95. The summed E-state index contributed by atoms with van der Waals surface area (Å²) in [5.41, 5.74) is 0.879. The smallest absolute Gasteiger partial charge is 0.356 e. The van der Waals surface area contributed by atoms with Crippen molar-refractivity contribution >= 4 is 23.2 Å². The van der Waals surface area contributed by atoms with Crippen LogP contribution in [0.1, 0.15) is 58.6 Å². The van der Waals surface area contributed by atoms with E-state index >= 15 is 0 Å². The summed E-state index contributed by atoms with van der Waals surface area (Å²) >= 11 is 1.53. The van der Waals surface area contributed by atoms with Gasteiger partial charge in [-0.05, 0) is 0 Å². The number of hydrogen-bond donors (Lipinski definition) is 1. The molecule has 1 aliphatic rings. The second-order valence-electron chi connectivity index (χ2n) is 7.02. The minimum atomic E-state index is -1.18. The number of carboxylic acids is 1. The molecule has 2 aromatic rings. The van der Waals surface area contributed by atoms with Crippen LogP contribution < -0.4 is 0 Å². The van der Waals surface area contributed by atoms with E-state index in [4.69, 9.17) is 9.84 Å². The number of rotatable bonds is 3. The van der Waals surface area contributed by atoms with Gasteiger partial charge in [-0.15, -0.1) is 11.3 Å². The number of hydrogen-bond acceptors (Lipinski definition) is 7. The summed E-state index contributed by atoms with van der Waals surface area (Å²) in [6.45, 7) is 7.52. The number of aromatic carboxylic acids is 1. The van der Waals surface area contributed by atoms with E-state index < -0.39 is 5.97 Å². The van der Waals surface area contributed by atoms with Crippen molar-refractivity contribution in [1.29, 1.82) is 0 Å². The number of carbonyl (C=O) groups excluding carboxylic acids is 1. The van der Waals surface area contributed by atoms with Crippen LogP contribution in [-0.2, 0) is 10.2 Å². The van der Waals surface area contributed by atoms with Gasteiger partial charge in [0.05, 0.1) is 31.2 Å². The molecule has 0 aromatic carbocycles. The summed E-state index contributed by atoms with van der Waals surface area (Å²) in [6, 6.07) is 0. The number of aromatic nitrogens is 3. The molecule has 8 nitrogen and oxygen atoms in total. The van der Waals surface area contributed by atoms with Gasteiger partial charge in [0.25, 0.3) is 5.91 Å². The van der Waals surface area contributed by atoms with Crippen LogP contribution in [0.2, 0.25) is 0 Å². The van der Waals surface area contributed by atoms with Crippen LogP contribution >= 0.6 is 11.3 Å². The number of ether oxygens (including phenoxy) is 1. The molecule has 3 rings (SSSR count). The van der Waals surface area contributed by atoms with Crippen molar-refractivity contribution in [3.8, 4) is 0 Å². The van der Waals surface area contributed by atoms with Crippen molar-refractivity contribution in [3.05, 3.63) is 39.9 Å². The molecule has 1 fully saturated rings. The standard InChI is InChI=1S/C17H20N4O4S/c1-17(2,3)13-9-26-14(20-13)12-8-21(4-5-25-12)15(22)10-6-19-11(7-18-10)16(23)24/h6-7,9,12H,4-5,8H2,1-3H3,(H,23,24). The van der Waals surface area contributed by atoms with Crippen molar-refractivity contribution in [2.24, 2.45) is 0 Å². The van der Waals surface area contributed by atoms with Crippen LogP contribution in [0.4, 0.5) is 0 Å². The maximum absolute atomic E-state index is 12.6. The van der Waals surface area contributed by atoms with E-state index in [1.54, 1.807) is 4.90 Å². The first-order valence-corrected chi connectivity index (χ1v) is 9.06. The molecule has 2 aromatic heterocycles. The Morgan fingerprint density at radius 2 is 1.96 bits per heavy atom. The lowest BCUT2D eigenvalue weighted by Gasteiger charge is -2.31. The first-order valence-electron chi connectivity index (χ1n) is 8.18. The number of morpholine rings is 1. The highest BCUT2D eigenvalue weighted by molar-refractivity contribution is 7.09. The largest absolute Gasteiger partial charge is 0.476 e. The quantitative estimate of drug-likeness (QED) is 0.875. The highest BCUT2D eigenvalue weighted by Crippen LogP contribution is 2.30. The molecular weight excluding hydrogens is 356 g/mol. The Kier molecular flexibility index (Phi) is 5.01. The van der Waals surface area contributed by atoms with Gasteiger partial charge in [-0.3, -0.25) is 4.79 Å². The fourth-order valence-corrected chi connectivity index (χ4v) is 3.56. The molecule has 0 spiro atoms. The van der Waals surface area contributed by atoms with E-state index in [1.165, 1.54) is 17.5 Å². The van der Waals surface area contributed by atoms with Crippen LogP contribution in [-0.4, -0.2) is 56.5 Å². The third kappa shape index (κ3) is 3.88. The fourth-order valence-electron chi connectivity index (χ4n) is 2.47. The van der Waals surface area contributed by atoms with E-state index in [2.05, 4.69) is 35.7 Å². The molecule has 26 heavy (non-hydrogen) atoms. The minimum Gasteiger partial charge on any atom is -0.476 e. The Balaban J connectivity index is 1.72. The summed E-state index contributed by atoms with van der Waals surface area (Å²) < 4.78 is 5.80. The first-order chi connectivity index (χ1) is 12.3. The lowest BCUT2D eigenvalue weighted by molar-refractivity contribution is -0.0232. The van der Waals surface area contributed by atoms with Crippen LogP contribution in [0, 0.1) is 0 Å². The second kappa shape index (κ2) is 7.08.